The first-order valence-corrected chi connectivity index (χ1v) is 7.83. The highest BCUT2D eigenvalue weighted by atomic mass is 16.3. The van der Waals surface area contributed by atoms with Gasteiger partial charge in [-0.3, -0.25) is 14.4 Å². The molecule has 0 aliphatic heterocycles. The number of carbonyl (C=O) groups is 3. The molecule has 0 heterocycles. The zero-order chi connectivity index (χ0) is 18.2. The van der Waals surface area contributed by atoms with Crippen LogP contribution in [-0.2, 0) is 14.4 Å². The maximum atomic E-state index is 12.0. The Morgan fingerprint density at radius 1 is 1.22 bits per heavy atom. The number of hydrogen-bond donors (Lipinski definition) is 4. The van der Waals surface area contributed by atoms with E-state index in [0.717, 1.165) is 6.42 Å². The topological polar surface area (TPSA) is 125 Å². The van der Waals surface area contributed by atoms with Crippen LogP contribution in [0.1, 0.15) is 33.6 Å². The third-order valence-corrected chi connectivity index (χ3v) is 3.41. The summed E-state index contributed by atoms with van der Waals surface area (Å²) in [7, 11) is 3.22. The maximum absolute atomic E-state index is 12.0. The molecule has 0 bridgehead atoms. The van der Waals surface area contributed by atoms with Gasteiger partial charge in [0.1, 0.15) is 12.1 Å². The molecular formula is C15H30N4O4. The highest BCUT2D eigenvalue weighted by molar-refractivity contribution is 5.91. The quantitative estimate of drug-likeness (QED) is 0.423. The lowest BCUT2D eigenvalue weighted by Gasteiger charge is -2.25. The summed E-state index contributed by atoms with van der Waals surface area (Å²) in [5.74, 6) is -1.50. The second-order valence-corrected chi connectivity index (χ2v) is 6.14. The second-order valence-electron chi connectivity index (χ2n) is 6.14. The van der Waals surface area contributed by atoms with Gasteiger partial charge in [-0.25, -0.2) is 0 Å². The number of nitrogens with two attached hydrogens (primary N) is 1. The summed E-state index contributed by atoms with van der Waals surface area (Å²) in [6.07, 6.45) is -0.102. The Bertz CT molecular complexity index is 412. The molecule has 0 spiro atoms. The van der Waals surface area contributed by atoms with E-state index in [2.05, 4.69) is 10.6 Å². The van der Waals surface area contributed by atoms with Crippen molar-refractivity contribution in [3.63, 3.8) is 0 Å². The number of aliphatic hydroxyl groups is 1. The van der Waals surface area contributed by atoms with Crippen LogP contribution in [0.15, 0.2) is 0 Å². The monoisotopic (exact) mass is 330 g/mol. The third kappa shape index (κ3) is 7.43. The third-order valence-electron chi connectivity index (χ3n) is 3.41. The molecule has 3 amide bonds. The molecule has 0 radical (unpaired) electrons. The van der Waals surface area contributed by atoms with Crippen LogP contribution < -0.4 is 16.4 Å². The van der Waals surface area contributed by atoms with Crippen LogP contribution in [0.4, 0.5) is 0 Å². The van der Waals surface area contributed by atoms with E-state index in [4.69, 9.17) is 5.73 Å². The standard InChI is InChI=1S/C15H30N4O4/c1-6-7-10(16)13(21)14(22)17-8-11(20)18-12(9(2)3)15(23)19(4)5/h9-10,12-13,21H,6-8,16H2,1-5H3,(H,17,22)(H,18,20)/t10-,12-,13?/m0/s1. The van der Waals surface area contributed by atoms with Gasteiger partial charge in [0.25, 0.3) is 5.91 Å². The van der Waals surface area contributed by atoms with E-state index in [1.807, 2.05) is 20.8 Å². The minimum absolute atomic E-state index is 0.0897. The van der Waals surface area contributed by atoms with Gasteiger partial charge in [-0.15, -0.1) is 0 Å². The molecule has 0 fully saturated rings. The van der Waals surface area contributed by atoms with Gasteiger partial charge in [-0.2, -0.15) is 0 Å². The molecule has 5 N–H and O–H groups in total. The number of amides is 3. The molecule has 0 aromatic carbocycles. The van der Waals surface area contributed by atoms with Gasteiger partial charge in [-0.1, -0.05) is 27.2 Å². The summed E-state index contributed by atoms with van der Waals surface area (Å²) < 4.78 is 0. The molecule has 1 unspecified atom stereocenters. The molecule has 8 nitrogen and oxygen atoms in total. The van der Waals surface area contributed by atoms with Gasteiger partial charge in [0, 0.05) is 20.1 Å². The van der Waals surface area contributed by atoms with Crippen molar-refractivity contribution < 1.29 is 19.5 Å². The molecule has 8 heteroatoms. The molecular weight excluding hydrogens is 300 g/mol. The van der Waals surface area contributed by atoms with Crippen LogP contribution in [0.3, 0.4) is 0 Å². The largest absolute Gasteiger partial charge is 0.382 e. The molecule has 23 heavy (non-hydrogen) atoms. The van der Waals surface area contributed by atoms with E-state index in [0.29, 0.717) is 6.42 Å². The highest BCUT2D eigenvalue weighted by Gasteiger charge is 2.26. The normalized spacial score (nSPS) is 14.8. The molecule has 0 rings (SSSR count). The number of nitrogens with zero attached hydrogens (tertiary/aromatic N) is 1. The van der Waals surface area contributed by atoms with Crippen LogP contribution in [0.2, 0.25) is 0 Å². The zero-order valence-corrected chi connectivity index (χ0v) is 14.6. The lowest BCUT2D eigenvalue weighted by Crippen LogP contribution is -2.53. The molecule has 0 saturated heterocycles. The molecule has 3 atom stereocenters. The van der Waals surface area contributed by atoms with E-state index in [1.165, 1.54) is 4.90 Å². The van der Waals surface area contributed by atoms with E-state index >= 15 is 0 Å². The summed E-state index contributed by atoms with van der Waals surface area (Å²) in [5.41, 5.74) is 5.67. The van der Waals surface area contributed by atoms with Crippen molar-refractivity contribution in [3.05, 3.63) is 0 Å². The summed E-state index contributed by atoms with van der Waals surface area (Å²) >= 11 is 0. The average molecular weight is 330 g/mol. The number of nitrogens with one attached hydrogen (secondary N) is 2. The Labute approximate surface area is 137 Å². The van der Waals surface area contributed by atoms with Crippen LogP contribution in [0, 0.1) is 5.92 Å². The Morgan fingerprint density at radius 3 is 2.22 bits per heavy atom. The van der Waals surface area contributed by atoms with Gasteiger partial charge in [-0.05, 0) is 12.3 Å². The smallest absolute Gasteiger partial charge is 0.250 e. The van der Waals surface area contributed by atoms with Crippen molar-refractivity contribution in [2.24, 2.45) is 11.7 Å². The van der Waals surface area contributed by atoms with E-state index < -0.39 is 30.0 Å². The minimum atomic E-state index is -1.35. The van der Waals surface area contributed by atoms with Crippen LogP contribution in [0.25, 0.3) is 0 Å². The van der Waals surface area contributed by atoms with Gasteiger partial charge in [0.2, 0.25) is 11.8 Å². The lowest BCUT2D eigenvalue weighted by molar-refractivity contribution is -0.136. The first kappa shape index (κ1) is 21.3. The average Bonchev–Trinajstić information content (AvgIpc) is 2.48. The molecule has 0 aromatic heterocycles. The summed E-state index contributed by atoms with van der Waals surface area (Å²) in [5, 5.41) is 14.6. The first-order valence-electron chi connectivity index (χ1n) is 7.83. The summed E-state index contributed by atoms with van der Waals surface area (Å²) in [6.45, 7) is 5.21. The number of carbonyl (C=O) groups excluding carboxylic acids is 3. The van der Waals surface area contributed by atoms with E-state index in [-0.39, 0.29) is 18.4 Å². The van der Waals surface area contributed by atoms with Gasteiger partial charge in [0.15, 0.2) is 0 Å². The Kier molecular flexibility index (Phi) is 9.43. The SMILES string of the molecule is CCC[C@H](N)C(O)C(=O)NCC(=O)N[C@H](C(=O)N(C)C)C(C)C. The summed E-state index contributed by atoms with van der Waals surface area (Å²) in [4.78, 5) is 37.0. The van der Waals surface area contributed by atoms with Gasteiger partial charge < -0.3 is 26.4 Å². The van der Waals surface area contributed by atoms with Crippen molar-refractivity contribution in [1.29, 1.82) is 0 Å². The van der Waals surface area contributed by atoms with Crippen molar-refractivity contribution >= 4 is 17.7 Å². The number of rotatable bonds is 9. The maximum Gasteiger partial charge on any atom is 0.250 e. The fourth-order valence-corrected chi connectivity index (χ4v) is 1.97. The molecule has 0 saturated carbocycles. The van der Waals surface area contributed by atoms with Crippen molar-refractivity contribution in [2.45, 2.75) is 51.8 Å². The predicted molar refractivity (Wildman–Crippen MR) is 87.4 cm³/mol. The van der Waals surface area contributed by atoms with Crippen LogP contribution in [0.5, 0.6) is 0 Å². The minimum Gasteiger partial charge on any atom is -0.382 e. The molecule has 134 valence electrons. The van der Waals surface area contributed by atoms with Gasteiger partial charge in [0.05, 0.1) is 6.54 Å². The Hall–Kier alpha value is -1.67. The fraction of sp³-hybridized carbons (Fsp3) is 0.800. The van der Waals surface area contributed by atoms with Crippen LogP contribution in [-0.4, -0.2) is 66.6 Å². The number of aliphatic hydroxyl groups excluding tert-OH is 1. The molecule has 0 aromatic rings. The molecule has 0 aliphatic rings. The van der Waals surface area contributed by atoms with E-state index in [1.54, 1.807) is 14.1 Å². The number of likely N-dealkylation sites (N-methyl/N-ethyl adjacent to an activating group) is 1. The Morgan fingerprint density at radius 2 is 1.78 bits per heavy atom. The number of hydrogen-bond acceptors (Lipinski definition) is 5. The first-order chi connectivity index (χ1) is 10.6. The summed E-state index contributed by atoms with van der Waals surface area (Å²) in [6, 6.07) is -1.33. The van der Waals surface area contributed by atoms with Crippen molar-refractivity contribution in [1.82, 2.24) is 15.5 Å². The van der Waals surface area contributed by atoms with Crippen LogP contribution >= 0.6 is 0 Å². The van der Waals surface area contributed by atoms with Crippen molar-refractivity contribution in [2.75, 3.05) is 20.6 Å². The zero-order valence-electron chi connectivity index (χ0n) is 14.6. The van der Waals surface area contributed by atoms with E-state index in [9.17, 15) is 19.5 Å². The van der Waals surface area contributed by atoms with Crippen molar-refractivity contribution in [3.8, 4) is 0 Å². The fourth-order valence-electron chi connectivity index (χ4n) is 1.97. The second kappa shape index (κ2) is 10.2. The Balaban J connectivity index is 4.48. The highest BCUT2D eigenvalue weighted by Crippen LogP contribution is 2.04. The lowest BCUT2D eigenvalue weighted by atomic mass is 10.0. The van der Waals surface area contributed by atoms with Gasteiger partial charge >= 0.3 is 0 Å². The predicted octanol–water partition coefficient (Wildman–Crippen LogP) is -1.18. The molecule has 0 aliphatic carbocycles.